The molecule has 1 nitrogen and oxygen atoms in total. The number of para-hydroxylation sites is 2. The van der Waals surface area contributed by atoms with E-state index in [0.717, 1.165) is 12.8 Å². The average molecular weight is 311 g/mol. The standard InChI is InChI=1S/C23H21N/c1-2-11-22-23(18-12-5-3-6-13-18)20-16-9-10-17-21(20)24(22)19-14-7-4-8-15-19/h3-10,12-17H,2,11H2,1H3. The minimum atomic E-state index is 1.06. The summed E-state index contributed by atoms with van der Waals surface area (Å²) < 4.78 is 2.43. The van der Waals surface area contributed by atoms with E-state index in [9.17, 15) is 0 Å². The van der Waals surface area contributed by atoms with Gasteiger partial charge in [0.25, 0.3) is 0 Å². The van der Waals surface area contributed by atoms with Crippen LogP contribution in [0.25, 0.3) is 27.7 Å². The fraction of sp³-hybridized carbons (Fsp3) is 0.130. The van der Waals surface area contributed by atoms with Crippen LogP contribution in [0, 0.1) is 0 Å². The zero-order chi connectivity index (χ0) is 16.4. The summed E-state index contributed by atoms with van der Waals surface area (Å²) in [6, 6.07) is 30.2. The summed E-state index contributed by atoms with van der Waals surface area (Å²) in [6.45, 7) is 2.25. The molecule has 0 N–H and O–H groups in total. The van der Waals surface area contributed by atoms with Gasteiger partial charge in [0, 0.05) is 22.3 Å². The molecule has 0 aliphatic rings. The van der Waals surface area contributed by atoms with Gasteiger partial charge < -0.3 is 4.57 Å². The number of hydrogen-bond acceptors (Lipinski definition) is 0. The van der Waals surface area contributed by atoms with Crippen molar-refractivity contribution in [3.63, 3.8) is 0 Å². The Morgan fingerprint density at radius 3 is 2.04 bits per heavy atom. The molecule has 0 spiro atoms. The Labute approximate surface area is 143 Å². The largest absolute Gasteiger partial charge is 0.313 e. The Bertz CT molecular complexity index is 873. The minimum Gasteiger partial charge on any atom is -0.313 e. The monoisotopic (exact) mass is 311 g/mol. The third kappa shape index (κ3) is 2.43. The molecule has 0 saturated heterocycles. The second-order valence-electron chi connectivity index (χ2n) is 6.13. The lowest BCUT2D eigenvalue weighted by Gasteiger charge is -2.12. The number of aromatic nitrogens is 1. The summed E-state index contributed by atoms with van der Waals surface area (Å²) in [7, 11) is 0. The smallest absolute Gasteiger partial charge is 0.0537 e. The molecule has 0 aliphatic heterocycles. The maximum Gasteiger partial charge on any atom is 0.0537 e. The van der Waals surface area contributed by atoms with Crippen molar-refractivity contribution in [3.05, 3.63) is 90.6 Å². The molecule has 0 fully saturated rings. The zero-order valence-corrected chi connectivity index (χ0v) is 13.9. The van der Waals surface area contributed by atoms with E-state index < -0.39 is 0 Å². The van der Waals surface area contributed by atoms with E-state index in [4.69, 9.17) is 0 Å². The van der Waals surface area contributed by atoms with Crippen molar-refractivity contribution in [1.82, 2.24) is 4.57 Å². The number of fused-ring (bicyclic) bond motifs is 1. The van der Waals surface area contributed by atoms with Crippen LogP contribution in [0.3, 0.4) is 0 Å². The van der Waals surface area contributed by atoms with Crippen molar-refractivity contribution in [3.8, 4) is 16.8 Å². The summed E-state index contributed by atoms with van der Waals surface area (Å²) in [5.41, 5.74) is 6.59. The lowest BCUT2D eigenvalue weighted by molar-refractivity contribution is 0.856. The van der Waals surface area contributed by atoms with E-state index in [2.05, 4.69) is 96.4 Å². The Balaban J connectivity index is 2.11. The molecule has 3 aromatic carbocycles. The Kier molecular flexibility index (Phi) is 3.92. The van der Waals surface area contributed by atoms with Gasteiger partial charge in [0.15, 0.2) is 0 Å². The second-order valence-corrected chi connectivity index (χ2v) is 6.13. The molecular formula is C23H21N. The molecule has 118 valence electrons. The first kappa shape index (κ1) is 14.8. The van der Waals surface area contributed by atoms with Crippen molar-refractivity contribution < 1.29 is 0 Å². The van der Waals surface area contributed by atoms with Crippen LogP contribution in [0.2, 0.25) is 0 Å². The first-order chi connectivity index (χ1) is 11.9. The van der Waals surface area contributed by atoms with Gasteiger partial charge >= 0.3 is 0 Å². The van der Waals surface area contributed by atoms with Gasteiger partial charge in [-0.05, 0) is 30.2 Å². The Morgan fingerprint density at radius 1 is 0.708 bits per heavy atom. The van der Waals surface area contributed by atoms with Gasteiger partial charge in [-0.1, -0.05) is 80.1 Å². The summed E-state index contributed by atoms with van der Waals surface area (Å²) in [5, 5.41) is 1.33. The highest BCUT2D eigenvalue weighted by Crippen LogP contribution is 2.37. The van der Waals surface area contributed by atoms with Crippen LogP contribution in [-0.4, -0.2) is 4.57 Å². The molecule has 0 aliphatic carbocycles. The summed E-state index contributed by atoms with van der Waals surface area (Å²) in [5.74, 6) is 0. The lowest BCUT2D eigenvalue weighted by atomic mass is 10.00. The normalized spacial score (nSPS) is 11.0. The molecule has 4 aromatic rings. The molecule has 0 bridgehead atoms. The molecule has 0 amide bonds. The number of nitrogens with zero attached hydrogens (tertiary/aromatic N) is 1. The molecule has 0 atom stereocenters. The lowest BCUT2D eigenvalue weighted by Crippen LogP contribution is -2.00. The summed E-state index contributed by atoms with van der Waals surface area (Å²) in [4.78, 5) is 0. The highest BCUT2D eigenvalue weighted by molar-refractivity contribution is 5.99. The number of rotatable bonds is 4. The van der Waals surface area contributed by atoms with E-state index in [-0.39, 0.29) is 0 Å². The molecule has 0 saturated carbocycles. The molecule has 1 heterocycles. The van der Waals surface area contributed by atoms with Crippen LogP contribution < -0.4 is 0 Å². The predicted molar refractivity (Wildman–Crippen MR) is 103 cm³/mol. The van der Waals surface area contributed by atoms with E-state index in [0.29, 0.717) is 0 Å². The maximum atomic E-state index is 2.43. The SMILES string of the molecule is CCCc1c(-c2ccccc2)c2ccccc2n1-c1ccccc1. The van der Waals surface area contributed by atoms with Gasteiger partial charge in [-0.15, -0.1) is 0 Å². The predicted octanol–water partition coefficient (Wildman–Crippen LogP) is 6.25. The highest BCUT2D eigenvalue weighted by Gasteiger charge is 2.18. The third-order valence-electron chi connectivity index (χ3n) is 4.54. The van der Waals surface area contributed by atoms with Gasteiger partial charge in [0.05, 0.1) is 5.52 Å². The topological polar surface area (TPSA) is 4.93 Å². The quantitative estimate of drug-likeness (QED) is 0.420. The van der Waals surface area contributed by atoms with Crippen LogP contribution in [0.4, 0.5) is 0 Å². The fourth-order valence-corrected chi connectivity index (χ4v) is 3.57. The fourth-order valence-electron chi connectivity index (χ4n) is 3.57. The first-order valence-corrected chi connectivity index (χ1v) is 8.63. The van der Waals surface area contributed by atoms with Crippen molar-refractivity contribution in [2.75, 3.05) is 0 Å². The first-order valence-electron chi connectivity index (χ1n) is 8.63. The molecule has 24 heavy (non-hydrogen) atoms. The number of hydrogen-bond donors (Lipinski definition) is 0. The van der Waals surface area contributed by atoms with E-state index in [1.54, 1.807) is 0 Å². The van der Waals surface area contributed by atoms with Crippen LogP contribution in [0.1, 0.15) is 19.0 Å². The Hall–Kier alpha value is -2.80. The average Bonchev–Trinajstić information content (AvgIpc) is 2.97. The summed E-state index contributed by atoms with van der Waals surface area (Å²) in [6.07, 6.45) is 2.19. The zero-order valence-electron chi connectivity index (χ0n) is 13.9. The van der Waals surface area contributed by atoms with Crippen molar-refractivity contribution in [2.45, 2.75) is 19.8 Å². The van der Waals surface area contributed by atoms with E-state index in [1.165, 1.54) is 33.4 Å². The molecule has 0 unspecified atom stereocenters. The van der Waals surface area contributed by atoms with Crippen molar-refractivity contribution in [2.24, 2.45) is 0 Å². The highest BCUT2D eigenvalue weighted by atomic mass is 15.0. The van der Waals surface area contributed by atoms with Gasteiger partial charge in [-0.2, -0.15) is 0 Å². The van der Waals surface area contributed by atoms with Crippen LogP contribution in [-0.2, 0) is 6.42 Å². The van der Waals surface area contributed by atoms with Gasteiger partial charge in [0.2, 0.25) is 0 Å². The van der Waals surface area contributed by atoms with Crippen molar-refractivity contribution >= 4 is 10.9 Å². The minimum absolute atomic E-state index is 1.06. The second kappa shape index (κ2) is 6.37. The third-order valence-corrected chi connectivity index (χ3v) is 4.54. The molecule has 1 heteroatoms. The molecule has 4 rings (SSSR count). The van der Waals surface area contributed by atoms with Gasteiger partial charge in [-0.25, -0.2) is 0 Å². The molecule has 0 radical (unpaired) electrons. The maximum absolute atomic E-state index is 2.43. The van der Waals surface area contributed by atoms with E-state index in [1.807, 2.05) is 0 Å². The van der Waals surface area contributed by atoms with E-state index >= 15 is 0 Å². The summed E-state index contributed by atoms with van der Waals surface area (Å²) >= 11 is 0. The van der Waals surface area contributed by atoms with Gasteiger partial charge in [0.1, 0.15) is 0 Å². The molecule has 1 aromatic heterocycles. The molecular weight excluding hydrogens is 290 g/mol. The number of benzene rings is 3. The Morgan fingerprint density at radius 2 is 1.33 bits per heavy atom. The van der Waals surface area contributed by atoms with Gasteiger partial charge in [-0.3, -0.25) is 0 Å². The van der Waals surface area contributed by atoms with Crippen LogP contribution in [0.5, 0.6) is 0 Å². The van der Waals surface area contributed by atoms with Crippen LogP contribution >= 0.6 is 0 Å². The van der Waals surface area contributed by atoms with Crippen LogP contribution in [0.15, 0.2) is 84.9 Å². The van der Waals surface area contributed by atoms with Crippen molar-refractivity contribution in [1.29, 1.82) is 0 Å².